The second-order valence-corrected chi connectivity index (χ2v) is 6.53. The van der Waals surface area contributed by atoms with Gasteiger partial charge < -0.3 is 5.32 Å². The number of nitrogens with zero attached hydrogens (tertiary/aromatic N) is 2. The summed E-state index contributed by atoms with van der Waals surface area (Å²) in [5.74, 6) is 2.36. The van der Waals surface area contributed by atoms with E-state index in [1.165, 1.54) is 0 Å². The summed E-state index contributed by atoms with van der Waals surface area (Å²) in [6, 6.07) is 15.0. The molecule has 0 aliphatic rings. The number of benzene rings is 2. The summed E-state index contributed by atoms with van der Waals surface area (Å²) in [4.78, 5) is 12.7. The molecule has 3 aromatic rings. The van der Waals surface area contributed by atoms with Gasteiger partial charge in [0.2, 0.25) is 0 Å². The summed E-state index contributed by atoms with van der Waals surface area (Å²) in [5, 5.41) is 7.41. The maximum absolute atomic E-state index is 12.7. The Morgan fingerprint density at radius 1 is 1.20 bits per heavy atom. The first-order chi connectivity index (χ1) is 12.0. The van der Waals surface area contributed by atoms with E-state index in [-0.39, 0.29) is 5.91 Å². The van der Waals surface area contributed by atoms with Gasteiger partial charge in [0.25, 0.3) is 5.91 Å². The van der Waals surface area contributed by atoms with E-state index >= 15 is 0 Å². The molecule has 1 N–H and O–H groups in total. The first-order valence-corrected chi connectivity index (χ1v) is 8.49. The number of carbonyl (C=O) groups excluding carboxylic acids is 1. The van der Waals surface area contributed by atoms with E-state index in [4.69, 9.17) is 6.42 Å². The summed E-state index contributed by atoms with van der Waals surface area (Å²) >= 11 is 3.42. The van der Waals surface area contributed by atoms with Gasteiger partial charge in [-0.2, -0.15) is 5.10 Å². The number of nitrogens with one attached hydrogen (secondary N) is 1. The summed E-state index contributed by atoms with van der Waals surface area (Å²) in [6.45, 7) is 3.71. The lowest BCUT2D eigenvalue weighted by Gasteiger charge is -2.07. The van der Waals surface area contributed by atoms with Gasteiger partial charge in [-0.05, 0) is 56.3 Å². The first-order valence-electron chi connectivity index (χ1n) is 7.70. The van der Waals surface area contributed by atoms with Crippen molar-refractivity contribution in [3.05, 3.63) is 75.5 Å². The number of halogens is 1. The first kappa shape index (κ1) is 17.0. The van der Waals surface area contributed by atoms with Crippen LogP contribution in [0.2, 0.25) is 0 Å². The lowest BCUT2D eigenvalue weighted by Crippen LogP contribution is -2.14. The van der Waals surface area contributed by atoms with Crippen LogP contribution in [0.1, 0.15) is 27.3 Å². The number of terminal acetylenes is 1. The fourth-order valence-electron chi connectivity index (χ4n) is 2.69. The van der Waals surface area contributed by atoms with Gasteiger partial charge in [-0.15, -0.1) is 6.42 Å². The number of carbonyl (C=O) groups is 1. The highest BCUT2D eigenvalue weighted by molar-refractivity contribution is 9.10. The third-order valence-corrected chi connectivity index (χ3v) is 4.41. The molecule has 1 aromatic heterocycles. The van der Waals surface area contributed by atoms with Crippen molar-refractivity contribution in [3.63, 3.8) is 0 Å². The van der Waals surface area contributed by atoms with Crippen LogP contribution in [-0.4, -0.2) is 15.7 Å². The Labute approximate surface area is 155 Å². The normalized spacial score (nSPS) is 10.3. The fraction of sp³-hybridized carbons (Fsp3) is 0.100. The quantitative estimate of drug-likeness (QED) is 0.666. The maximum atomic E-state index is 12.7. The van der Waals surface area contributed by atoms with Gasteiger partial charge in [-0.25, -0.2) is 4.68 Å². The van der Waals surface area contributed by atoms with Crippen molar-refractivity contribution in [2.45, 2.75) is 13.8 Å². The van der Waals surface area contributed by atoms with E-state index in [2.05, 4.69) is 32.3 Å². The van der Waals surface area contributed by atoms with Crippen molar-refractivity contribution in [1.82, 2.24) is 9.78 Å². The molecule has 1 heterocycles. The Bertz CT molecular complexity index is 981. The van der Waals surface area contributed by atoms with Crippen LogP contribution in [0.5, 0.6) is 0 Å². The van der Waals surface area contributed by atoms with Crippen LogP contribution in [0.3, 0.4) is 0 Å². The average Bonchev–Trinajstić information content (AvgIpc) is 2.90. The van der Waals surface area contributed by atoms with Crippen LogP contribution in [0.15, 0.2) is 53.0 Å². The molecule has 0 atom stereocenters. The van der Waals surface area contributed by atoms with Crippen molar-refractivity contribution >= 4 is 27.5 Å². The number of hydrogen-bond acceptors (Lipinski definition) is 2. The molecule has 1 amide bonds. The highest BCUT2D eigenvalue weighted by Gasteiger charge is 2.19. The zero-order chi connectivity index (χ0) is 18.0. The molecule has 0 aliphatic heterocycles. The predicted octanol–water partition coefficient (Wildman–Crippen LogP) is 4.49. The van der Waals surface area contributed by atoms with Gasteiger partial charge >= 0.3 is 0 Å². The number of aromatic nitrogens is 2. The van der Waals surface area contributed by atoms with Gasteiger partial charge in [0.05, 0.1) is 22.6 Å². The van der Waals surface area contributed by atoms with Crippen LogP contribution in [0.25, 0.3) is 5.69 Å². The van der Waals surface area contributed by atoms with Crippen LogP contribution < -0.4 is 5.32 Å². The van der Waals surface area contributed by atoms with Gasteiger partial charge in [-0.1, -0.05) is 27.9 Å². The fourth-order valence-corrected chi connectivity index (χ4v) is 2.95. The molecule has 0 radical (unpaired) electrons. The molecule has 5 heteroatoms. The highest BCUT2D eigenvalue weighted by atomic mass is 79.9. The molecular formula is C20H16BrN3O. The molecule has 0 spiro atoms. The van der Waals surface area contributed by atoms with Crippen molar-refractivity contribution in [2.24, 2.45) is 0 Å². The molecule has 0 bridgehead atoms. The minimum absolute atomic E-state index is 0.201. The molecule has 25 heavy (non-hydrogen) atoms. The third-order valence-electron chi connectivity index (χ3n) is 3.88. The zero-order valence-corrected chi connectivity index (χ0v) is 15.5. The highest BCUT2D eigenvalue weighted by Crippen LogP contribution is 2.21. The summed E-state index contributed by atoms with van der Waals surface area (Å²) < 4.78 is 2.76. The Hall–Kier alpha value is -2.84. The van der Waals surface area contributed by atoms with E-state index in [1.807, 2.05) is 56.3 Å². The number of aryl methyl sites for hydroxylation is 1. The molecule has 3 rings (SSSR count). The number of hydrogen-bond donors (Lipinski definition) is 1. The summed E-state index contributed by atoms with van der Waals surface area (Å²) in [6.07, 6.45) is 5.41. The molecule has 124 valence electrons. The lowest BCUT2D eigenvalue weighted by molar-refractivity contribution is 0.102. The van der Waals surface area contributed by atoms with E-state index < -0.39 is 0 Å². The Kier molecular flexibility index (Phi) is 4.73. The van der Waals surface area contributed by atoms with Crippen LogP contribution in [0.4, 0.5) is 5.69 Å². The maximum Gasteiger partial charge on any atom is 0.259 e. The molecule has 0 aliphatic carbocycles. The largest absolute Gasteiger partial charge is 0.322 e. The molecule has 0 fully saturated rings. The van der Waals surface area contributed by atoms with Crippen LogP contribution >= 0.6 is 15.9 Å². The predicted molar refractivity (Wildman–Crippen MR) is 103 cm³/mol. The molecule has 0 saturated carbocycles. The van der Waals surface area contributed by atoms with Crippen LogP contribution in [0, 0.1) is 26.2 Å². The second-order valence-electron chi connectivity index (χ2n) is 5.61. The topological polar surface area (TPSA) is 46.9 Å². The molecular weight excluding hydrogens is 378 g/mol. The number of amides is 1. The third kappa shape index (κ3) is 3.49. The van der Waals surface area contributed by atoms with Crippen molar-refractivity contribution in [1.29, 1.82) is 0 Å². The smallest absolute Gasteiger partial charge is 0.259 e. The zero-order valence-electron chi connectivity index (χ0n) is 13.9. The Balaban J connectivity index is 1.93. The van der Waals surface area contributed by atoms with Crippen molar-refractivity contribution in [2.75, 3.05) is 5.32 Å². The van der Waals surface area contributed by atoms with E-state index in [1.54, 1.807) is 10.7 Å². The number of rotatable bonds is 3. The van der Waals surface area contributed by atoms with Crippen molar-refractivity contribution in [3.8, 4) is 18.0 Å². The molecule has 4 nitrogen and oxygen atoms in total. The lowest BCUT2D eigenvalue weighted by atomic mass is 10.1. The summed E-state index contributed by atoms with van der Waals surface area (Å²) in [5.41, 5.74) is 4.30. The minimum atomic E-state index is -0.201. The number of anilines is 1. The minimum Gasteiger partial charge on any atom is -0.322 e. The van der Waals surface area contributed by atoms with Crippen molar-refractivity contribution < 1.29 is 4.79 Å². The van der Waals surface area contributed by atoms with E-state index in [9.17, 15) is 4.79 Å². The summed E-state index contributed by atoms with van der Waals surface area (Å²) in [7, 11) is 0. The van der Waals surface area contributed by atoms with Gasteiger partial charge in [0.1, 0.15) is 0 Å². The second kappa shape index (κ2) is 6.96. The monoisotopic (exact) mass is 393 g/mol. The molecule has 0 unspecified atom stereocenters. The van der Waals surface area contributed by atoms with Gasteiger partial charge in [0.15, 0.2) is 0 Å². The van der Waals surface area contributed by atoms with Gasteiger partial charge in [-0.3, -0.25) is 4.79 Å². The van der Waals surface area contributed by atoms with Gasteiger partial charge in [0, 0.05) is 15.7 Å². The molecule has 2 aromatic carbocycles. The van der Waals surface area contributed by atoms with Crippen LogP contribution in [-0.2, 0) is 0 Å². The Morgan fingerprint density at radius 3 is 2.60 bits per heavy atom. The van der Waals surface area contributed by atoms with E-state index in [0.717, 1.165) is 21.4 Å². The molecule has 0 saturated heterocycles. The van der Waals surface area contributed by atoms with E-state index in [0.29, 0.717) is 16.9 Å². The Morgan fingerprint density at radius 2 is 1.92 bits per heavy atom. The SMILES string of the molecule is C#Cc1cccc(NC(=O)c2c(C)nn(-c3ccc(Br)cc3)c2C)c1. The standard InChI is InChI=1S/C20H16BrN3O/c1-4-15-6-5-7-17(12-15)22-20(25)19-13(2)23-24(14(19)3)18-10-8-16(21)9-11-18/h1,5-12H,2-3H3,(H,22,25). The average molecular weight is 394 g/mol.